The molecule has 5 nitrogen and oxygen atoms in total. The van der Waals surface area contributed by atoms with Crippen LogP contribution in [-0.2, 0) is 13.5 Å². The Morgan fingerprint density at radius 2 is 2.14 bits per heavy atom. The summed E-state index contributed by atoms with van der Waals surface area (Å²) in [5.74, 6) is 5.84. The molecule has 2 heterocycles. The molecule has 0 spiro atoms. The third-order valence-corrected chi connectivity index (χ3v) is 3.78. The first-order valence-corrected chi connectivity index (χ1v) is 7.07. The number of hydrogen-bond donors (Lipinski definition) is 2. The van der Waals surface area contributed by atoms with Crippen molar-refractivity contribution in [2.45, 2.75) is 19.4 Å². The molecular formula is C16H19N5. The lowest BCUT2D eigenvalue weighted by molar-refractivity contribution is 0.576. The van der Waals surface area contributed by atoms with Gasteiger partial charge in [-0.3, -0.25) is 15.5 Å². The normalized spacial score (nSPS) is 12.7. The van der Waals surface area contributed by atoms with E-state index in [-0.39, 0.29) is 6.04 Å². The molecule has 0 bridgehead atoms. The second-order valence-corrected chi connectivity index (χ2v) is 5.05. The standard InChI is InChI=1S/C16H19N5/c1-3-11-10-15(21(2)20-11)16(19-17)13-6-4-8-14-12(13)7-5-9-18-14/h4-10,16,19H,3,17H2,1-2H3. The Bertz CT molecular complexity index is 757. The van der Waals surface area contributed by atoms with E-state index in [9.17, 15) is 0 Å². The summed E-state index contributed by atoms with van der Waals surface area (Å²) < 4.78 is 1.89. The van der Waals surface area contributed by atoms with E-state index in [0.717, 1.165) is 34.3 Å². The smallest absolute Gasteiger partial charge is 0.0884 e. The van der Waals surface area contributed by atoms with Gasteiger partial charge in [0.1, 0.15) is 0 Å². The van der Waals surface area contributed by atoms with Gasteiger partial charge in [-0.1, -0.05) is 25.1 Å². The van der Waals surface area contributed by atoms with Crippen LogP contribution in [-0.4, -0.2) is 14.8 Å². The van der Waals surface area contributed by atoms with Crippen molar-refractivity contribution in [2.24, 2.45) is 12.9 Å². The van der Waals surface area contributed by atoms with Gasteiger partial charge in [0.25, 0.3) is 0 Å². The minimum Gasteiger partial charge on any atom is -0.271 e. The molecule has 0 aliphatic carbocycles. The van der Waals surface area contributed by atoms with Crippen LogP contribution in [0.4, 0.5) is 0 Å². The molecule has 0 radical (unpaired) electrons. The van der Waals surface area contributed by atoms with Crippen molar-refractivity contribution in [3.8, 4) is 0 Å². The molecule has 3 N–H and O–H groups in total. The van der Waals surface area contributed by atoms with Crippen LogP contribution in [0.25, 0.3) is 10.9 Å². The summed E-state index contributed by atoms with van der Waals surface area (Å²) in [6.07, 6.45) is 2.71. The second-order valence-electron chi connectivity index (χ2n) is 5.05. The maximum atomic E-state index is 5.84. The fraction of sp³-hybridized carbons (Fsp3) is 0.250. The number of fused-ring (bicyclic) bond motifs is 1. The highest BCUT2D eigenvalue weighted by atomic mass is 15.3. The average molecular weight is 281 g/mol. The highest BCUT2D eigenvalue weighted by Crippen LogP contribution is 2.27. The molecule has 108 valence electrons. The highest BCUT2D eigenvalue weighted by Gasteiger charge is 2.19. The van der Waals surface area contributed by atoms with Gasteiger partial charge in [-0.15, -0.1) is 0 Å². The molecule has 3 rings (SSSR count). The number of nitrogens with zero attached hydrogens (tertiary/aromatic N) is 3. The summed E-state index contributed by atoms with van der Waals surface area (Å²) >= 11 is 0. The number of pyridine rings is 1. The number of benzene rings is 1. The van der Waals surface area contributed by atoms with Crippen LogP contribution >= 0.6 is 0 Å². The Balaban J connectivity index is 2.16. The van der Waals surface area contributed by atoms with Crippen molar-refractivity contribution in [3.05, 3.63) is 59.5 Å². The quantitative estimate of drug-likeness (QED) is 0.567. The summed E-state index contributed by atoms with van der Waals surface area (Å²) in [6, 6.07) is 12.1. The van der Waals surface area contributed by atoms with Gasteiger partial charge in [-0.2, -0.15) is 5.10 Å². The minimum absolute atomic E-state index is 0.115. The number of aromatic nitrogens is 3. The van der Waals surface area contributed by atoms with E-state index < -0.39 is 0 Å². The zero-order valence-corrected chi connectivity index (χ0v) is 12.2. The Morgan fingerprint density at radius 1 is 1.29 bits per heavy atom. The molecule has 0 aliphatic heterocycles. The van der Waals surface area contributed by atoms with Gasteiger partial charge in [0.15, 0.2) is 0 Å². The Labute approximate surface area is 123 Å². The van der Waals surface area contributed by atoms with Gasteiger partial charge in [-0.25, -0.2) is 5.43 Å². The molecule has 3 aromatic rings. The lowest BCUT2D eigenvalue weighted by Gasteiger charge is -2.18. The predicted octanol–water partition coefficient (Wildman–Crippen LogP) is 2.08. The van der Waals surface area contributed by atoms with E-state index in [2.05, 4.69) is 40.6 Å². The fourth-order valence-electron chi connectivity index (χ4n) is 2.70. The van der Waals surface area contributed by atoms with Crippen molar-refractivity contribution >= 4 is 10.9 Å². The average Bonchev–Trinajstić information content (AvgIpc) is 2.89. The molecule has 2 aromatic heterocycles. The van der Waals surface area contributed by atoms with Crippen LogP contribution in [0.3, 0.4) is 0 Å². The number of aryl methyl sites for hydroxylation is 2. The highest BCUT2D eigenvalue weighted by molar-refractivity contribution is 5.82. The molecule has 5 heteroatoms. The summed E-state index contributed by atoms with van der Waals surface area (Å²) in [5.41, 5.74) is 7.10. The SMILES string of the molecule is CCc1cc(C(NN)c2cccc3ncccc23)n(C)n1. The summed E-state index contributed by atoms with van der Waals surface area (Å²) in [6.45, 7) is 2.10. The number of hydrogen-bond acceptors (Lipinski definition) is 4. The molecule has 21 heavy (non-hydrogen) atoms. The number of nitrogens with one attached hydrogen (secondary N) is 1. The summed E-state index contributed by atoms with van der Waals surface area (Å²) in [4.78, 5) is 4.41. The van der Waals surface area contributed by atoms with E-state index >= 15 is 0 Å². The number of rotatable bonds is 4. The third-order valence-electron chi connectivity index (χ3n) is 3.78. The maximum absolute atomic E-state index is 5.84. The lowest BCUT2D eigenvalue weighted by atomic mass is 9.99. The van der Waals surface area contributed by atoms with Crippen molar-refractivity contribution in [1.82, 2.24) is 20.2 Å². The molecular weight excluding hydrogens is 262 g/mol. The molecule has 0 aliphatic rings. The zero-order chi connectivity index (χ0) is 14.8. The van der Waals surface area contributed by atoms with Crippen molar-refractivity contribution in [1.29, 1.82) is 0 Å². The minimum atomic E-state index is -0.115. The van der Waals surface area contributed by atoms with Gasteiger partial charge in [-0.05, 0) is 30.2 Å². The number of nitrogens with two attached hydrogens (primary N) is 1. The topological polar surface area (TPSA) is 68.8 Å². The van der Waals surface area contributed by atoms with Crippen LogP contribution in [0, 0.1) is 0 Å². The van der Waals surface area contributed by atoms with Gasteiger partial charge < -0.3 is 0 Å². The van der Waals surface area contributed by atoms with Gasteiger partial charge in [0, 0.05) is 18.6 Å². The molecule has 1 atom stereocenters. The van der Waals surface area contributed by atoms with Crippen LogP contribution in [0.5, 0.6) is 0 Å². The molecule has 1 aromatic carbocycles. The van der Waals surface area contributed by atoms with E-state index in [1.165, 1.54) is 0 Å². The fourth-order valence-corrected chi connectivity index (χ4v) is 2.70. The first-order valence-electron chi connectivity index (χ1n) is 7.07. The third kappa shape index (κ3) is 2.41. The first kappa shape index (κ1) is 13.7. The van der Waals surface area contributed by atoms with Crippen molar-refractivity contribution < 1.29 is 0 Å². The van der Waals surface area contributed by atoms with Crippen molar-refractivity contribution in [3.63, 3.8) is 0 Å². The monoisotopic (exact) mass is 281 g/mol. The van der Waals surface area contributed by atoms with Gasteiger partial charge in [0.05, 0.1) is 22.9 Å². The largest absolute Gasteiger partial charge is 0.271 e. The Kier molecular flexibility index (Phi) is 3.68. The van der Waals surface area contributed by atoms with E-state index in [0.29, 0.717) is 0 Å². The van der Waals surface area contributed by atoms with E-state index in [1.807, 2.05) is 29.9 Å². The lowest BCUT2D eigenvalue weighted by Crippen LogP contribution is -2.30. The molecule has 1 unspecified atom stereocenters. The van der Waals surface area contributed by atoms with Gasteiger partial charge >= 0.3 is 0 Å². The van der Waals surface area contributed by atoms with Crippen LogP contribution in [0.1, 0.15) is 29.9 Å². The molecule has 0 saturated carbocycles. The van der Waals surface area contributed by atoms with Gasteiger partial charge in [0.2, 0.25) is 0 Å². The van der Waals surface area contributed by atoms with E-state index in [4.69, 9.17) is 5.84 Å². The Hall–Kier alpha value is -2.24. The first-order chi connectivity index (χ1) is 10.2. The van der Waals surface area contributed by atoms with Crippen LogP contribution < -0.4 is 11.3 Å². The number of hydrazine groups is 1. The summed E-state index contributed by atoms with van der Waals surface area (Å²) in [5, 5.41) is 5.61. The second kappa shape index (κ2) is 5.63. The summed E-state index contributed by atoms with van der Waals surface area (Å²) in [7, 11) is 1.95. The van der Waals surface area contributed by atoms with Crippen LogP contribution in [0.2, 0.25) is 0 Å². The molecule has 0 saturated heterocycles. The maximum Gasteiger partial charge on any atom is 0.0884 e. The zero-order valence-electron chi connectivity index (χ0n) is 12.2. The Morgan fingerprint density at radius 3 is 2.86 bits per heavy atom. The van der Waals surface area contributed by atoms with E-state index in [1.54, 1.807) is 6.20 Å². The molecule has 0 fully saturated rings. The van der Waals surface area contributed by atoms with Crippen molar-refractivity contribution in [2.75, 3.05) is 0 Å². The van der Waals surface area contributed by atoms with Crippen LogP contribution in [0.15, 0.2) is 42.6 Å². The molecule has 0 amide bonds. The predicted molar refractivity (Wildman–Crippen MR) is 83.5 cm³/mol.